The molecular formula is C19H14ClN3O3S. The van der Waals surface area contributed by atoms with Crippen molar-refractivity contribution < 1.29 is 9.47 Å². The summed E-state index contributed by atoms with van der Waals surface area (Å²) >= 11 is 7.22. The lowest BCUT2D eigenvalue weighted by Gasteiger charge is -2.07. The first-order valence-corrected chi connectivity index (χ1v) is 9.18. The lowest BCUT2D eigenvalue weighted by atomic mass is 10.2. The van der Waals surface area contributed by atoms with E-state index in [1.165, 1.54) is 15.7 Å². The topological polar surface area (TPSA) is 65.7 Å². The van der Waals surface area contributed by atoms with Gasteiger partial charge in [-0.1, -0.05) is 29.0 Å². The minimum absolute atomic E-state index is 0.167. The standard InChI is InChI=1S/C19H14ClN3O3S/c1-25-14-8-3-11(9-15(14)26-2)10-16-18(24)23-17(21-22-19(23)27-16)12-4-6-13(20)7-5-12/h3-10H,1-2H3/b16-10-. The minimum Gasteiger partial charge on any atom is -0.493 e. The van der Waals surface area contributed by atoms with Crippen molar-refractivity contribution in [2.45, 2.75) is 0 Å². The summed E-state index contributed by atoms with van der Waals surface area (Å²) in [6.45, 7) is 0. The lowest BCUT2D eigenvalue weighted by Crippen LogP contribution is -2.23. The Morgan fingerprint density at radius 1 is 1.04 bits per heavy atom. The van der Waals surface area contributed by atoms with E-state index in [0.29, 0.717) is 31.8 Å². The van der Waals surface area contributed by atoms with Gasteiger partial charge >= 0.3 is 0 Å². The maximum atomic E-state index is 12.9. The van der Waals surface area contributed by atoms with Crippen molar-refractivity contribution >= 4 is 34.0 Å². The zero-order chi connectivity index (χ0) is 19.0. The molecule has 2 aromatic carbocycles. The fourth-order valence-corrected chi connectivity index (χ4v) is 3.78. The summed E-state index contributed by atoms with van der Waals surface area (Å²) in [5.74, 6) is 1.73. The second kappa shape index (κ2) is 7.02. The van der Waals surface area contributed by atoms with E-state index in [1.807, 2.05) is 24.3 Å². The van der Waals surface area contributed by atoms with Gasteiger partial charge in [0.25, 0.3) is 5.56 Å². The van der Waals surface area contributed by atoms with Crippen LogP contribution in [0.3, 0.4) is 0 Å². The molecule has 4 rings (SSSR count). The van der Waals surface area contributed by atoms with Gasteiger partial charge in [-0.25, -0.2) is 4.40 Å². The molecule has 0 atom stereocenters. The van der Waals surface area contributed by atoms with Crippen LogP contribution in [0.25, 0.3) is 22.4 Å². The highest BCUT2D eigenvalue weighted by atomic mass is 35.5. The maximum Gasteiger partial charge on any atom is 0.276 e. The molecule has 0 bridgehead atoms. The molecule has 0 saturated carbocycles. The van der Waals surface area contributed by atoms with Crippen LogP contribution in [0.5, 0.6) is 11.5 Å². The Bertz CT molecular complexity index is 1230. The van der Waals surface area contributed by atoms with Gasteiger partial charge in [0.05, 0.1) is 18.8 Å². The van der Waals surface area contributed by atoms with Gasteiger partial charge in [-0.05, 0) is 48.0 Å². The maximum absolute atomic E-state index is 12.9. The minimum atomic E-state index is -0.167. The van der Waals surface area contributed by atoms with Gasteiger partial charge in [0, 0.05) is 10.6 Å². The number of ether oxygens (including phenoxy) is 2. The molecule has 0 amide bonds. The third kappa shape index (κ3) is 3.15. The van der Waals surface area contributed by atoms with Crippen molar-refractivity contribution in [1.82, 2.24) is 14.6 Å². The second-order valence-corrected chi connectivity index (χ2v) is 7.12. The summed E-state index contributed by atoms with van der Waals surface area (Å²) in [6.07, 6.45) is 1.80. The summed E-state index contributed by atoms with van der Waals surface area (Å²) < 4.78 is 12.6. The number of thiazole rings is 1. The highest BCUT2D eigenvalue weighted by molar-refractivity contribution is 7.15. The Morgan fingerprint density at radius 3 is 2.48 bits per heavy atom. The Labute approximate surface area is 163 Å². The van der Waals surface area contributed by atoms with Crippen LogP contribution in [0, 0.1) is 0 Å². The number of nitrogens with zero attached hydrogens (tertiary/aromatic N) is 3. The SMILES string of the molecule is COc1ccc(/C=c2\sc3nnc(-c4ccc(Cl)cc4)n3c2=O)cc1OC. The van der Waals surface area contributed by atoms with Crippen LogP contribution < -0.4 is 19.6 Å². The first-order chi connectivity index (χ1) is 13.1. The average Bonchev–Trinajstić information content (AvgIpc) is 3.23. The quantitative estimate of drug-likeness (QED) is 0.527. The zero-order valence-electron chi connectivity index (χ0n) is 14.5. The van der Waals surface area contributed by atoms with Crippen molar-refractivity contribution in [1.29, 1.82) is 0 Å². The Kier molecular flexibility index (Phi) is 4.55. The van der Waals surface area contributed by atoms with Gasteiger partial charge in [-0.3, -0.25) is 4.79 Å². The molecule has 0 aliphatic carbocycles. The number of aromatic nitrogens is 3. The number of benzene rings is 2. The Balaban J connectivity index is 1.84. The summed E-state index contributed by atoms with van der Waals surface area (Å²) in [4.78, 5) is 13.5. The van der Waals surface area contributed by atoms with E-state index in [2.05, 4.69) is 10.2 Å². The van der Waals surface area contributed by atoms with E-state index in [-0.39, 0.29) is 5.56 Å². The molecule has 27 heavy (non-hydrogen) atoms. The van der Waals surface area contributed by atoms with E-state index in [1.54, 1.807) is 38.5 Å². The van der Waals surface area contributed by atoms with Crippen LogP contribution in [-0.4, -0.2) is 28.8 Å². The van der Waals surface area contributed by atoms with Gasteiger partial charge in [0.1, 0.15) is 0 Å². The number of halogens is 1. The third-order valence-corrected chi connectivity index (χ3v) is 5.27. The molecule has 4 aromatic rings. The fraction of sp³-hybridized carbons (Fsp3) is 0.105. The molecule has 136 valence electrons. The average molecular weight is 400 g/mol. The number of hydrogen-bond acceptors (Lipinski definition) is 6. The van der Waals surface area contributed by atoms with E-state index < -0.39 is 0 Å². The molecule has 2 heterocycles. The smallest absolute Gasteiger partial charge is 0.276 e. The van der Waals surface area contributed by atoms with Gasteiger partial charge in [-0.15, -0.1) is 10.2 Å². The molecule has 0 fully saturated rings. The molecule has 0 spiro atoms. The van der Waals surface area contributed by atoms with Crippen LogP contribution in [0.15, 0.2) is 47.3 Å². The van der Waals surface area contributed by atoms with Crippen molar-refractivity contribution in [3.63, 3.8) is 0 Å². The van der Waals surface area contributed by atoms with Crippen LogP contribution in [0.1, 0.15) is 5.56 Å². The lowest BCUT2D eigenvalue weighted by molar-refractivity contribution is 0.355. The van der Waals surface area contributed by atoms with Crippen molar-refractivity contribution in [3.05, 3.63) is 67.9 Å². The van der Waals surface area contributed by atoms with Gasteiger partial charge in [0.2, 0.25) is 4.96 Å². The van der Waals surface area contributed by atoms with E-state index in [0.717, 1.165) is 11.1 Å². The fourth-order valence-electron chi connectivity index (χ4n) is 2.74. The van der Waals surface area contributed by atoms with Gasteiger partial charge in [0.15, 0.2) is 17.3 Å². The summed E-state index contributed by atoms with van der Waals surface area (Å²) in [5, 5.41) is 8.90. The third-order valence-electron chi connectivity index (χ3n) is 4.06. The Morgan fingerprint density at radius 2 is 1.78 bits per heavy atom. The highest BCUT2D eigenvalue weighted by Crippen LogP contribution is 2.27. The molecule has 0 unspecified atom stereocenters. The van der Waals surface area contributed by atoms with Gasteiger partial charge < -0.3 is 9.47 Å². The molecule has 0 N–H and O–H groups in total. The van der Waals surface area contributed by atoms with Crippen LogP contribution >= 0.6 is 22.9 Å². The second-order valence-electron chi connectivity index (χ2n) is 5.68. The predicted molar refractivity (Wildman–Crippen MR) is 106 cm³/mol. The van der Waals surface area contributed by atoms with Gasteiger partial charge in [-0.2, -0.15) is 0 Å². The number of methoxy groups -OCH3 is 2. The van der Waals surface area contributed by atoms with Crippen molar-refractivity contribution in [3.8, 4) is 22.9 Å². The molecule has 8 heteroatoms. The molecule has 0 aliphatic rings. The molecule has 0 aliphatic heterocycles. The van der Waals surface area contributed by atoms with E-state index >= 15 is 0 Å². The van der Waals surface area contributed by atoms with E-state index in [4.69, 9.17) is 21.1 Å². The van der Waals surface area contributed by atoms with E-state index in [9.17, 15) is 4.79 Å². The molecule has 2 aromatic heterocycles. The van der Waals surface area contributed by atoms with Crippen LogP contribution in [-0.2, 0) is 0 Å². The molecule has 6 nitrogen and oxygen atoms in total. The van der Waals surface area contributed by atoms with Crippen LogP contribution in [0.4, 0.5) is 0 Å². The summed E-state index contributed by atoms with van der Waals surface area (Å²) in [7, 11) is 3.15. The number of fused-ring (bicyclic) bond motifs is 1. The summed E-state index contributed by atoms with van der Waals surface area (Å²) in [5.41, 5.74) is 1.44. The van der Waals surface area contributed by atoms with Crippen molar-refractivity contribution in [2.24, 2.45) is 0 Å². The summed E-state index contributed by atoms with van der Waals surface area (Å²) in [6, 6.07) is 12.6. The number of rotatable bonds is 4. The normalized spacial score (nSPS) is 11.9. The largest absolute Gasteiger partial charge is 0.493 e. The highest BCUT2D eigenvalue weighted by Gasteiger charge is 2.14. The molecular weight excluding hydrogens is 386 g/mol. The predicted octanol–water partition coefficient (Wildman–Crippen LogP) is 3.04. The Hall–Kier alpha value is -2.90. The zero-order valence-corrected chi connectivity index (χ0v) is 16.0. The van der Waals surface area contributed by atoms with Crippen molar-refractivity contribution in [2.75, 3.05) is 14.2 Å². The number of hydrogen-bond donors (Lipinski definition) is 0. The first kappa shape index (κ1) is 17.5. The first-order valence-electron chi connectivity index (χ1n) is 7.98. The van der Waals surface area contributed by atoms with Crippen LogP contribution in [0.2, 0.25) is 5.02 Å². The molecule has 0 saturated heterocycles. The monoisotopic (exact) mass is 399 g/mol. The molecule has 0 radical (unpaired) electrons.